The molecule has 0 spiro atoms. The van der Waals surface area contributed by atoms with Crippen molar-refractivity contribution in [1.29, 1.82) is 0 Å². The van der Waals surface area contributed by atoms with E-state index < -0.39 is 0 Å². The third-order valence-corrected chi connectivity index (χ3v) is 5.03. The Hall–Kier alpha value is -1.06. The number of piperidine rings is 1. The fourth-order valence-electron chi connectivity index (χ4n) is 3.83. The molecule has 2 unspecified atom stereocenters. The Morgan fingerprint density at radius 3 is 3.00 bits per heavy atom. The fraction of sp³-hybridized carbons (Fsp3) is 0.647. The largest absolute Gasteiger partial charge is 0.508 e. The van der Waals surface area contributed by atoms with Crippen LogP contribution in [0.4, 0.5) is 0 Å². The first kappa shape index (κ1) is 13.9. The molecule has 0 aromatic heterocycles. The quantitative estimate of drug-likeness (QED) is 0.899. The van der Waals surface area contributed by atoms with Crippen molar-refractivity contribution < 1.29 is 9.84 Å². The maximum Gasteiger partial charge on any atom is 0.115 e. The molecule has 1 saturated heterocycles. The van der Waals surface area contributed by atoms with Gasteiger partial charge in [-0.15, -0.1) is 0 Å². The molecule has 3 nitrogen and oxygen atoms in total. The average molecular weight is 275 g/mol. The van der Waals surface area contributed by atoms with E-state index in [-0.39, 0.29) is 5.60 Å². The van der Waals surface area contributed by atoms with Gasteiger partial charge in [-0.3, -0.25) is 4.90 Å². The Balaban J connectivity index is 1.85. The third-order valence-electron chi connectivity index (χ3n) is 5.03. The molecule has 2 atom stereocenters. The molecule has 1 aromatic rings. The molecule has 1 aromatic carbocycles. The smallest absolute Gasteiger partial charge is 0.115 e. The number of phenols is 1. The van der Waals surface area contributed by atoms with Crippen molar-refractivity contribution in [2.45, 2.75) is 50.7 Å². The normalized spacial score (nSPS) is 31.0. The Bertz CT molecular complexity index is 488. The van der Waals surface area contributed by atoms with Crippen LogP contribution in [0.25, 0.3) is 0 Å². The zero-order valence-electron chi connectivity index (χ0n) is 12.6. The highest BCUT2D eigenvalue weighted by atomic mass is 16.5. The number of benzene rings is 1. The molecule has 1 aliphatic carbocycles. The predicted molar refractivity (Wildman–Crippen MR) is 80.0 cm³/mol. The van der Waals surface area contributed by atoms with Crippen LogP contribution in [0.15, 0.2) is 18.2 Å². The fourth-order valence-corrected chi connectivity index (χ4v) is 3.83. The van der Waals surface area contributed by atoms with Crippen molar-refractivity contribution in [3.63, 3.8) is 0 Å². The maximum atomic E-state index is 9.67. The van der Waals surface area contributed by atoms with E-state index in [9.17, 15) is 5.11 Å². The highest BCUT2D eigenvalue weighted by molar-refractivity contribution is 5.38. The standard InChI is InChI=1S/C17H25NO2/c1-17(20-2)9-4-10-18(12-17)16-6-3-5-13-11-14(19)7-8-15(13)16/h7-8,11,16,19H,3-6,9-10,12H2,1-2H3. The van der Waals surface area contributed by atoms with Crippen molar-refractivity contribution in [3.05, 3.63) is 29.3 Å². The number of methoxy groups -OCH3 is 1. The predicted octanol–water partition coefficient (Wildman–Crippen LogP) is 3.27. The van der Waals surface area contributed by atoms with Gasteiger partial charge in [0, 0.05) is 19.7 Å². The number of ether oxygens (including phenoxy) is 1. The van der Waals surface area contributed by atoms with E-state index in [2.05, 4.69) is 17.9 Å². The van der Waals surface area contributed by atoms with Gasteiger partial charge >= 0.3 is 0 Å². The van der Waals surface area contributed by atoms with Crippen molar-refractivity contribution in [2.24, 2.45) is 0 Å². The number of aromatic hydroxyl groups is 1. The van der Waals surface area contributed by atoms with Crippen LogP contribution in [0.3, 0.4) is 0 Å². The summed E-state index contributed by atoms with van der Waals surface area (Å²) in [6.45, 7) is 4.39. The summed E-state index contributed by atoms with van der Waals surface area (Å²) in [5.74, 6) is 0.393. The van der Waals surface area contributed by atoms with Gasteiger partial charge in [-0.1, -0.05) is 6.07 Å². The summed E-state index contributed by atoms with van der Waals surface area (Å²) >= 11 is 0. The lowest BCUT2D eigenvalue weighted by Gasteiger charge is -2.44. The van der Waals surface area contributed by atoms with Crippen molar-refractivity contribution in [2.75, 3.05) is 20.2 Å². The van der Waals surface area contributed by atoms with Crippen LogP contribution in [0, 0.1) is 0 Å². The van der Waals surface area contributed by atoms with E-state index in [0.717, 1.165) is 25.9 Å². The number of hydrogen-bond donors (Lipinski definition) is 1. The molecule has 0 saturated carbocycles. The van der Waals surface area contributed by atoms with Gasteiger partial charge in [0.05, 0.1) is 5.60 Å². The topological polar surface area (TPSA) is 32.7 Å². The molecule has 0 amide bonds. The zero-order chi connectivity index (χ0) is 14.2. The third kappa shape index (κ3) is 2.57. The maximum absolute atomic E-state index is 9.67. The van der Waals surface area contributed by atoms with Crippen LogP contribution in [-0.2, 0) is 11.2 Å². The number of aryl methyl sites for hydroxylation is 1. The summed E-state index contributed by atoms with van der Waals surface area (Å²) < 4.78 is 5.73. The molecule has 1 fully saturated rings. The summed E-state index contributed by atoms with van der Waals surface area (Å²) in [5, 5.41) is 9.67. The number of fused-ring (bicyclic) bond motifs is 1. The van der Waals surface area contributed by atoms with Gasteiger partial charge in [0.15, 0.2) is 0 Å². The number of likely N-dealkylation sites (tertiary alicyclic amines) is 1. The molecular formula is C17H25NO2. The molecule has 20 heavy (non-hydrogen) atoms. The molecule has 1 aliphatic heterocycles. The summed E-state index contributed by atoms with van der Waals surface area (Å²) in [4.78, 5) is 2.59. The second-order valence-corrected chi connectivity index (χ2v) is 6.52. The first-order chi connectivity index (χ1) is 9.61. The highest BCUT2D eigenvalue weighted by Gasteiger charge is 2.35. The van der Waals surface area contributed by atoms with Crippen molar-refractivity contribution >= 4 is 0 Å². The van der Waals surface area contributed by atoms with E-state index in [1.165, 1.54) is 30.4 Å². The Labute approximate surface area is 121 Å². The SMILES string of the molecule is COC1(C)CCCN(C2CCCc3cc(O)ccc32)C1. The molecule has 1 heterocycles. The lowest BCUT2D eigenvalue weighted by Crippen LogP contribution is -2.49. The van der Waals surface area contributed by atoms with Crippen LogP contribution >= 0.6 is 0 Å². The minimum atomic E-state index is -0.00716. The summed E-state index contributed by atoms with van der Waals surface area (Å²) in [5.41, 5.74) is 2.73. The van der Waals surface area contributed by atoms with E-state index in [1.807, 2.05) is 19.2 Å². The van der Waals surface area contributed by atoms with Crippen molar-refractivity contribution in [1.82, 2.24) is 4.90 Å². The van der Waals surface area contributed by atoms with E-state index in [1.54, 1.807) is 0 Å². The Morgan fingerprint density at radius 1 is 1.35 bits per heavy atom. The van der Waals surface area contributed by atoms with E-state index in [4.69, 9.17) is 4.74 Å². The summed E-state index contributed by atoms with van der Waals surface area (Å²) in [6, 6.07) is 6.39. The van der Waals surface area contributed by atoms with Crippen LogP contribution in [-0.4, -0.2) is 35.8 Å². The van der Waals surface area contributed by atoms with Gasteiger partial charge in [0.2, 0.25) is 0 Å². The number of hydrogen-bond acceptors (Lipinski definition) is 3. The minimum Gasteiger partial charge on any atom is -0.508 e. The minimum absolute atomic E-state index is 0.00716. The van der Waals surface area contributed by atoms with Crippen LogP contribution in [0.2, 0.25) is 0 Å². The number of rotatable bonds is 2. The molecule has 1 N–H and O–H groups in total. The molecule has 0 bridgehead atoms. The molecule has 0 radical (unpaired) electrons. The molecule has 110 valence electrons. The second-order valence-electron chi connectivity index (χ2n) is 6.52. The van der Waals surface area contributed by atoms with Crippen LogP contribution in [0.5, 0.6) is 5.75 Å². The second kappa shape index (κ2) is 5.38. The van der Waals surface area contributed by atoms with Crippen LogP contribution < -0.4 is 0 Å². The lowest BCUT2D eigenvalue weighted by atomic mass is 9.84. The van der Waals surface area contributed by atoms with Gasteiger partial charge in [-0.2, -0.15) is 0 Å². The van der Waals surface area contributed by atoms with Gasteiger partial charge in [-0.05, 0) is 68.8 Å². The molecule has 2 aliphatic rings. The summed E-state index contributed by atoms with van der Waals surface area (Å²) in [6.07, 6.45) is 5.87. The zero-order valence-corrected chi connectivity index (χ0v) is 12.6. The van der Waals surface area contributed by atoms with Gasteiger partial charge in [0.25, 0.3) is 0 Å². The highest BCUT2D eigenvalue weighted by Crippen LogP contribution is 2.38. The van der Waals surface area contributed by atoms with Crippen molar-refractivity contribution in [3.8, 4) is 5.75 Å². The van der Waals surface area contributed by atoms with Gasteiger partial charge < -0.3 is 9.84 Å². The number of phenolic OH excluding ortho intramolecular Hbond substituents is 1. The first-order valence-corrected chi connectivity index (χ1v) is 7.72. The monoisotopic (exact) mass is 275 g/mol. The Kier molecular flexibility index (Phi) is 3.74. The van der Waals surface area contributed by atoms with Gasteiger partial charge in [-0.25, -0.2) is 0 Å². The number of nitrogens with zero attached hydrogens (tertiary/aromatic N) is 1. The lowest BCUT2D eigenvalue weighted by molar-refractivity contribution is -0.0633. The first-order valence-electron chi connectivity index (χ1n) is 7.72. The average Bonchev–Trinajstić information content (AvgIpc) is 2.46. The molecule has 3 heteroatoms. The van der Waals surface area contributed by atoms with E-state index >= 15 is 0 Å². The molecular weight excluding hydrogens is 250 g/mol. The van der Waals surface area contributed by atoms with Crippen LogP contribution in [0.1, 0.15) is 49.8 Å². The van der Waals surface area contributed by atoms with E-state index in [0.29, 0.717) is 11.8 Å². The summed E-state index contributed by atoms with van der Waals surface area (Å²) in [7, 11) is 1.83. The molecule has 3 rings (SSSR count). The van der Waals surface area contributed by atoms with Gasteiger partial charge in [0.1, 0.15) is 5.75 Å². The Morgan fingerprint density at radius 2 is 2.20 bits per heavy atom.